The second-order valence-corrected chi connectivity index (χ2v) is 10.6. The first-order chi connectivity index (χ1) is 8.98. The van der Waals surface area contributed by atoms with E-state index in [1.165, 1.54) is 5.19 Å². The number of carbonyl (C=O) groups excluding carboxylic acids is 1. The fourth-order valence-corrected chi connectivity index (χ4v) is 7.67. The van der Waals surface area contributed by atoms with Crippen molar-refractivity contribution in [3.63, 3.8) is 0 Å². The number of aliphatic hydroxyl groups is 1. The molecule has 1 rings (SSSR count). The summed E-state index contributed by atoms with van der Waals surface area (Å²) in [6, 6.07) is 10.5. The minimum absolute atomic E-state index is 0.000951. The summed E-state index contributed by atoms with van der Waals surface area (Å²) in [5, 5.41) is 11.0. The van der Waals surface area contributed by atoms with Gasteiger partial charge in [0.1, 0.15) is 6.29 Å². The van der Waals surface area contributed by atoms with Crippen LogP contribution in [-0.2, 0) is 4.79 Å². The van der Waals surface area contributed by atoms with E-state index in [-0.39, 0.29) is 24.0 Å². The summed E-state index contributed by atoms with van der Waals surface area (Å²) in [6.45, 7) is 8.88. The fraction of sp³-hybridized carbons (Fsp3) is 0.562. The van der Waals surface area contributed by atoms with Gasteiger partial charge in [-0.3, -0.25) is 0 Å². The fourth-order valence-electron chi connectivity index (χ4n) is 3.32. The van der Waals surface area contributed by atoms with Crippen molar-refractivity contribution in [1.82, 2.24) is 0 Å². The monoisotopic (exact) mass is 278 g/mol. The zero-order valence-corrected chi connectivity index (χ0v) is 13.5. The summed E-state index contributed by atoms with van der Waals surface area (Å²) in [7, 11) is -1.79. The van der Waals surface area contributed by atoms with Gasteiger partial charge in [-0.05, 0) is 11.5 Å². The molecule has 3 atom stereocenters. The predicted octanol–water partition coefficient (Wildman–Crippen LogP) is 2.83. The van der Waals surface area contributed by atoms with Gasteiger partial charge in [0.05, 0.1) is 8.07 Å². The van der Waals surface area contributed by atoms with Crippen molar-refractivity contribution in [3.05, 3.63) is 30.3 Å². The molecule has 0 radical (unpaired) electrons. The average molecular weight is 278 g/mol. The van der Waals surface area contributed by atoms with E-state index in [0.29, 0.717) is 0 Å². The van der Waals surface area contributed by atoms with Gasteiger partial charge < -0.3 is 9.90 Å². The van der Waals surface area contributed by atoms with Gasteiger partial charge in [-0.1, -0.05) is 68.9 Å². The van der Waals surface area contributed by atoms with Gasteiger partial charge in [0.25, 0.3) is 0 Å². The Morgan fingerprint density at radius 3 is 2.26 bits per heavy atom. The van der Waals surface area contributed by atoms with E-state index in [1.807, 2.05) is 13.0 Å². The molecule has 0 unspecified atom stereocenters. The van der Waals surface area contributed by atoms with Crippen LogP contribution in [0.4, 0.5) is 0 Å². The van der Waals surface area contributed by atoms with Gasteiger partial charge in [0.2, 0.25) is 0 Å². The summed E-state index contributed by atoms with van der Waals surface area (Å²) >= 11 is 0. The molecule has 0 aromatic heterocycles. The van der Waals surface area contributed by atoms with E-state index in [9.17, 15) is 9.90 Å². The van der Waals surface area contributed by atoms with E-state index >= 15 is 0 Å². The summed E-state index contributed by atoms with van der Waals surface area (Å²) < 4.78 is 0. The van der Waals surface area contributed by atoms with Crippen molar-refractivity contribution >= 4 is 19.5 Å². The van der Waals surface area contributed by atoms with Gasteiger partial charge >= 0.3 is 0 Å². The molecule has 0 saturated carbocycles. The molecule has 0 aliphatic carbocycles. The first-order valence-electron chi connectivity index (χ1n) is 7.10. The molecule has 2 nitrogen and oxygen atoms in total. The third-order valence-corrected chi connectivity index (χ3v) is 8.88. The largest absolute Gasteiger partial charge is 0.396 e. The number of aliphatic hydroxyl groups excluding tert-OH is 1. The minimum atomic E-state index is -1.79. The highest BCUT2D eigenvalue weighted by atomic mass is 28.3. The molecule has 0 amide bonds. The lowest BCUT2D eigenvalue weighted by atomic mass is 9.94. The summed E-state index contributed by atoms with van der Waals surface area (Å²) in [4.78, 5) is 11.3. The van der Waals surface area contributed by atoms with E-state index in [0.717, 1.165) is 12.7 Å². The standard InChI is InChI=1S/C16H26O2Si/c1-5-14(12-18)16(13(2)11-17)19(3,4)15-9-7-6-8-10-15/h6-11,13-14,16,18H,5,12H2,1-4H3/t13-,14+,16-/m1/s1. The summed E-state index contributed by atoms with van der Waals surface area (Å²) in [5.74, 6) is 0.209. The first kappa shape index (κ1) is 16.1. The van der Waals surface area contributed by atoms with E-state index < -0.39 is 8.07 Å². The van der Waals surface area contributed by atoms with Crippen molar-refractivity contribution in [2.45, 2.75) is 38.9 Å². The quantitative estimate of drug-likeness (QED) is 0.615. The Labute approximate surface area is 117 Å². The molecule has 3 heteroatoms. The van der Waals surface area contributed by atoms with Crippen molar-refractivity contribution in [3.8, 4) is 0 Å². The van der Waals surface area contributed by atoms with Gasteiger partial charge in [0.15, 0.2) is 0 Å². The molecule has 0 aliphatic heterocycles. The van der Waals surface area contributed by atoms with Crippen molar-refractivity contribution < 1.29 is 9.90 Å². The number of rotatable bonds is 7. The molecule has 106 valence electrons. The maximum absolute atomic E-state index is 11.3. The number of carbonyl (C=O) groups is 1. The average Bonchev–Trinajstić information content (AvgIpc) is 2.44. The van der Waals surface area contributed by atoms with Crippen LogP contribution < -0.4 is 5.19 Å². The lowest BCUT2D eigenvalue weighted by Crippen LogP contribution is -2.51. The molecule has 0 heterocycles. The second-order valence-electron chi connectivity index (χ2n) is 5.96. The normalized spacial score (nSPS) is 16.7. The van der Waals surface area contributed by atoms with E-state index in [1.54, 1.807) is 0 Å². The summed E-state index contributed by atoms with van der Waals surface area (Å²) in [6.07, 6.45) is 1.98. The Morgan fingerprint density at radius 2 is 1.84 bits per heavy atom. The highest BCUT2D eigenvalue weighted by Crippen LogP contribution is 2.37. The Bertz CT molecular complexity index is 385. The van der Waals surface area contributed by atoms with Crippen LogP contribution in [0.15, 0.2) is 30.3 Å². The Morgan fingerprint density at radius 1 is 1.26 bits per heavy atom. The van der Waals surface area contributed by atoms with Gasteiger partial charge in [-0.15, -0.1) is 0 Å². The molecular formula is C16H26O2Si. The number of benzene rings is 1. The number of aldehydes is 1. The molecule has 0 saturated heterocycles. The number of hydrogen-bond acceptors (Lipinski definition) is 2. The SMILES string of the molecule is CC[C@@H](CO)[C@@H]([C@H](C)C=O)[Si](C)(C)c1ccccc1. The third kappa shape index (κ3) is 3.54. The highest BCUT2D eigenvalue weighted by Gasteiger charge is 2.40. The van der Waals surface area contributed by atoms with Crippen LogP contribution in [0.25, 0.3) is 0 Å². The molecule has 1 aromatic carbocycles. The first-order valence-corrected chi connectivity index (χ1v) is 10.2. The van der Waals surface area contributed by atoms with Crippen molar-refractivity contribution in [1.29, 1.82) is 0 Å². The molecule has 0 aliphatic rings. The van der Waals surface area contributed by atoms with E-state index in [2.05, 4.69) is 44.3 Å². The summed E-state index contributed by atoms with van der Waals surface area (Å²) in [5.41, 5.74) is 0.280. The number of hydrogen-bond donors (Lipinski definition) is 1. The Hall–Kier alpha value is -0.933. The van der Waals surface area contributed by atoms with Gasteiger partial charge in [-0.25, -0.2) is 0 Å². The predicted molar refractivity (Wildman–Crippen MR) is 83.4 cm³/mol. The van der Waals surface area contributed by atoms with Crippen LogP contribution >= 0.6 is 0 Å². The maximum atomic E-state index is 11.3. The molecule has 1 aromatic rings. The van der Waals surface area contributed by atoms with Gasteiger partial charge in [-0.2, -0.15) is 0 Å². The molecule has 0 spiro atoms. The molecule has 1 N–H and O–H groups in total. The van der Waals surface area contributed by atoms with Crippen molar-refractivity contribution in [2.75, 3.05) is 6.61 Å². The van der Waals surface area contributed by atoms with Crippen LogP contribution in [0.1, 0.15) is 20.3 Å². The molecular weight excluding hydrogens is 252 g/mol. The zero-order valence-electron chi connectivity index (χ0n) is 12.5. The van der Waals surface area contributed by atoms with Crippen LogP contribution in [0.5, 0.6) is 0 Å². The Kier molecular flexibility index (Phi) is 5.95. The van der Waals surface area contributed by atoms with Crippen LogP contribution in [0, 0.1) is 11.8 Å². The minimum Gasteiger partial charge on any atom is -0.396 e. The van der Waals surface area contributed by atoms with E-state index in [4.69, 9.17) is 0 Å². The third-order valence-electron chi connectivity index (χ3n) is 4.40. The second kappa shape index (κ2) is 7.01. The maximum Gasteiger partial charge on any atom is 0.122 e. The zero-order chi connectivity index (χ0) is 14.5. The lowest BCUT2D eigenvalue weighted by Gasteiger charge is -2.40. The highest BCUT2D eigenvalue weighted by molar-refractivity contribution is 6.91. The van der Waals surface area contributed by atoms with Crippen LogP contribution in [0.3, 0.4) is 0 Å². The topological polar surface area (TPSA) is 37.3 Å². The molecule has 0 fully saturated rings. The smallest absolute Gasteiger partial charge is 0.122 e. The molecule has 0 bridgehead atoms. The van der Waals surface area contributed by atoms with Crippen LogP contribution in [-0.4, -0.2) is 26.1 Å². The molecule has 19 heavy (non-hydrogen) atoms. The van der Waals surface area contributed by atoms with Gasteiger partial charge in [0, 0.05) is 12.5 Å². The Balaban J connectivity index is 3.19. The van der Waals surface area contributed by atoms with Crippen molar-refractivity contribution in [2.24, 2.45) is 11.8 Å². The van der Waals surface area contributed by atoms with Crippen LogP contribution in [0.2, 0.25) is 18.6 Å². The lowest BCUT2D eigenvalue weighted by molar-refractivity contribution is -0.111.